The summed E-state index contributed by atoms with van der Waals surface area (Å²) < 4.78 is 6.32. The van der Waals surface area contributed by atoms with Gasteiger partial charge < -0.3 is 4.74 Å². The van der Waals surface area contributed by atoms with Crippen molar-refractivity contribution in [1.82, 2.24) is 16.2 Å². The molecule has 3 N–H and O–H groups in total. The maximum absolute atomic E-state index is 12.5. The first-order chi connectivity index (χ1) is 12.9. The zero-order valence-corrected chi connectivity index (χ0v) is 17.3. The van der Waals surface area contributed by atoms with Gasteiger partial charge in [-0.1, -0.05) is 38.1 Å². The normalized spacial score (nSPS) is 10.2. The number of carbonyl (C=O) groups is 2. The van der Waals surface area contributed by atoms with Gasteiger partial charge in [-0.3, -0.25) is 25.8 Å². The molecule has 27 heavy (non-hydrogen) atoms. The summed E-state index contributed by atoms with van der Waals surface area (Å²) >= 11 is 8.37. The van der Waals surface area contributed by atoms with Gasteiger partial charge in [-0.05, 0) is 58.3 Å². The number of ether oxygens (including phenoxy) is 1. The second-order valence-electron chi connectivity index (χ2n) is 6.04. The molecule has 2 amide bonds. The molecule has 0 aliphatic heterocycles. The number of benzene rings is 2. The second kappa shape index (κ2) is 10.0. The van der Waals surface area contributed by atoms with Gasteiger partial charge in [0.25, 0.3) is 11.8 Å². The van der Waals surface area contributed by atoms with Crippen LogP contribution in [0, 0.1) is 5.92 Å². The summed E-state index contributed by atoms with van der Waals surface area (Å²) in [5.74, 6) is -0.0122. The van der Waals surface area contributed by atoms with Crippen molar-refractivity contribution in [2.45, 2.75) is 13.8 Å². The Hall–Kier alpha value is -2.45. The van der Waals surface area contributed by atoms with Crippen molar-refractivity contribution in [3.8, 4) is 5.75 Å². The lowest BCUT2D eigenvalue weighted by Crippen LogP contribution is -2.48. The van der Waals surface area contributed by atoms with Gasteiger partial charge in [-0.25, -0.2) is 0 Å². The molecule has 6 nitrogen and oxygen atoms in total. The van der Waals surface area contributed by atoms with Gasteiger partial charge in [0.1, 0.15) is 5.75 Å². The molecule has 0 aliphatic rings. The molecule has 2 aromatic carbocycles. The molecule has 0 aromatic heterocycles. The van der Waals surface area contributed by atoms with Crippen molar-refractivity contribution in [3.05, 3.63) is 64.1 Å². The number of nitrogens with one attached hydrogen (secondary N) is 3. The minimum absolute atomic E-state index is 0.0286. The van der Waals surface area contributed by atoms with Gasteiger partial charge >= 0.3 is 0 Å². The van der Waals surface area contributed by atoms with Crippen molar-refractivity contribution in [3.63, 3.8) is 0 Å². The van der Waals surface area contributed by atoms with Crippen LogP contribution in [0.5, 0.6) is 5.75 Å². The molecule has 0 spiro atoms. The van der Waals surface area contributed by atoms with Crippen molar-refractivity contribution in [1.29, 1.82) is 0 Å². The standard InChI is InChI=1S/C19H20BrN3O3S/c1-12(2)11-26-16-10-6-4-8-14(16)17(24)21-19(27)23-22-18(25)13-7-3-5-9-15(13)20/h3-10,12H,11H2,1-2H3,(H,22,25)(H2,21,23,24,27). The van der Waals surface area contributed by atoms with Gasteiger partial charge in [-0.2, -0.15) is 0 Å². The summed E-state index contributed by atoms with van der Waals surface area (Å²) in [5, 5.41) is 2.49. The first-order valence-electron chi connectivity index (χ1n) is 8.26. The van der Waals surface area contributed by atoms with E-state index in [0.717, 1.165) is 0 Å². The van der Waals surface area contributed by atoms with Crippen LogP contribution in [0.2, 0.25) is 0 Å². The van der Waals surface area contributed by atoms with E-state index in [1.807, 2.05) is 13.8 Å². The van der Waals surface area contributed by atoms with Crippen molar-refractivity contribution in [2.24, 2.45) is 5.92 Å². The van der Waals surface area contributed by atoms with Crippen LogP contribution in [-0.4, -0.2) is 23.5 Å². The zero-order chi connectivity index (χ0) is 19.8. The smallest absolute Gasteiger partial charge is 0.270 e. The van der Waals surface area contributed by atoms with Crippen LogP contribution in [0.4, 0.5) is 0 Å². The highest BCUT2D eigenvalue weighted by Crippen LogP contribution is 2.18. The fourth-order valence-electron chi connectivity index (χ4n) is 2.06. The van der Waals surface area contributed by atoms with Gasteiger partial charge in [0.05, 0.1) is 17.7 Å². The lowest BCUT2D eigenvalue weighted by molar-refractivity contribution is 0.0933. The molecular weight excluding hydrogens is 430 g/mol. The number of rotatable bonds is 5. The topological polar surface area (TPSA) is 79.5 Å². The molecule has 0 saturated heterocycles. The van der Waals surface area contributed by atoms with E-state index < -0.39 is 5.91 Å². The van der Waals surface area contributed by atoms with Gasteiger partial charge in [0.15, 0.2) is 5.11 Å². The molecule has 0 unspecified atom stereocenters. The van der Waals surface area contributed by atoms with Gasteiger partial charge in [0, 0.05) is 4.47 Å². The highest BCUT2D eigenvalue weighted by atomic mass is 79.9. The van der Waals surface area contributed by atoms with Crippen LogP contribution in [0.25, 0.3) is 0 Å². The number of amides is 2. The fraction of sp³-hybridized carbons (Fsp3) is 0.211. The van der Waals surface area contributed by atoms with E-state index in [1.165, 1.54) is 0 Å². The minimum Gasteiger partial charge on any atom is -0.492 e. The Bertz CT molecular complexity index is 842. The average Bonchev–Trinajstić information content (AvgIpc) is 2.65. The Morgan fingerprint density at radius 1 is 1.00 bits per heavy atom. The van der Waals surface area contributed by atoms with E-state index in [4.69, 9.17) is 17.0 Å². The summed E-state index contributed by atoms with van der Waals surface area (Å²) in [5.41, 5.74) is 5.76. The summed E-state index contributed by atoms with van der Waals surface area (Å²) in [6, 6.07) is 13.9. The van der Waals surface area contributed by atoms with Gasteiger partial charge in [0.2, 0.25) is 0 Å². The Morgan fingerprint density at radius 3 is 2.30 bits per heavy atom. The van der Waals surface area contributed by atoms with Crippen LogP contribution in [-0.2, 0) is 0 Å². The van der Waals surface area contributed by atoms with E-state index in [0.29, 0.717) is 33.9 Å². The molecule has 0 heterocycles. The summed E-state index contributed by atoms with van der Waals surface area (Å²) in [6.07, 6.45) is 0. The Balaban J connectivity index is 1.93. The van der Waals surface area contributed by atoms with Crippen LogP contribution in [0.3, 0.4) is 0 Å². The van der Waals surface area contributed by atoms with E-state index >= 15 is 0 Å². The molecule has 0 saturated carbocycles. The number of thiocarbonyl (C=S) groups is 1. The Kier molecular flexibility index (Phi) is 7.75. The van der Waals surface area contributed by atoms with E-state index in [-0.39, 0.29) is 11.0 Å². The summed E-state index contributed by atoms with van der Waals surface area (Å²) in [6.45, 7) is 4.54. The molecule has 0 bridgehead atoms. The number of para-hydroxylation sites is 1. The maximum atomic E-state index is 12.5. The molecule has 0 radical (unpaired) electrons. The third kappa shape index (κ3) is 6.33. The van der Waals surface area contributed by atoms with Crippen molar-refractivity contribution in [2.75, 3.05) is 6.61 Å². The number of carbonyl (C=O) groups excluding carboxylic acids is 2. The quantitative estimate of drug-likeness (QED) is 0.481. The predicted octanol–water partition coefficient (Wildman–Crippen LogP) is 3.43. The summed E-state index contributed by atoms with van der Waals surface area (Å²) in [4.78, 5) is 24.6. The highest BCUT2D eigenvalue weighted by Gasteiger charge is 2.15. The van der Waals surface area contributed by atoms with Crippen LogP contribution in [0.1, 0.15) is 34.6 Å². The monoisotopic (exact) mass is 449 g/mol. The third-order valence-corrected chi connectivity index (χ3v) is 4.23. The van der Waals surface area contributed by atoms with E-state index in [9.17, 15) is 9.59 Å². The molecule has 142 valence electrons. The van der Waals surface area contributed by atoms with Crippen LogP contribution >= 0.6 is 28.1 Å². The highest BCUT2D eigenvalue weighted by molar-refractivity contribution is 9.10. The van der Waals surface area contributed by atoms with Crippen molar-refractivity contribution >= 4 is 45.1 Å². The molecule has 0 atom stereocenters. The first kappa shape index (κ1) is 20.9. The fourth-order valence-corrected chi connectivity index (χ4v) is 2.67. The number of hydrogen-bond donors (Lipinski definition) is 3. The molecular formula is C19H20BrN3O3S. The molecule has 0 fully saturated rings. The number of hydrazine groups is 1. The lowest BCUT2D eigenvalue weighted by atomic mass is 10.2. The Morgan fingerprint density at radius 2 is 1.63 bits per heavy atom. The number of hydrogen-bond acceptors (Lipinski definition) is 4. The lowest BCUT2D eigenvalue weighted by Gasteiger charge is -2.14. The maximum Gasteiger partial charge on any atom is 0.270 e. The third-order valence-electron chi connectivity index (χ3n) is 3.34. The van der Waals surface area contributed by atoms with Crippen LogP contribution in [0.15, 0.2) is 53.0 Å². The number of halogens is 1. The first-order valence-corrected chi connectivity index (χ1v) is 9.46. The predicted molar refractivity (Wildman–Crippen MR) is 112 cm³/mol. The Labute approximate surface area is 171 Å². The minimum atomic E-state index is -0.429. The second-order valence-corrected chi connectivity index (χ2v) is 7.31. The molecule has 0 aliphatic carbocycles. The van der Waals surface area contributed by atoms with Crippen LogP contribution < -0.4 is 20.9 Å². The SMILES string of the molecule is CC(C)COc1ccccc1C(=O)NC(=S)NNC(=O)c1ccccc1Br. The molecule has 2 rings (SSSR count). The zero-order valence-electron chi connectivity index (χ0n) is 14.9. The van der Waals surface area contributed by atoms with Gasteiger partial charge in [-0.15, -0.1) is 0 Å². The average molecular weight is 450 g/mol. The molecule has 8 heteroatoms. The summed E-state index contributed by atoms with van der Waals surface area (Å²) in [7, 11) is 0. The van der Waals surface area contributed by atoms with E-state index in [1.54, 1.807) is 48.5 Å². The largest absolute Gasteiger partial charge is 0.492 e. The van der Waals surface area contributed by atoms with E-state index in [2.05, 4.69) is 32.1 Å². The molecule has 2 aromatic rings. The van der Waals surface area contributed by atoms with Crippen molar-refractivity contribution < 1.29 is 14.3 Å².